The topological polar surface area (TPSA) is 52.6 Å². The summed E-state index contributed by atoms with van der Waals surface area (Å²) < 4.78 is 0. The zero-order chi connectivity index (χ0) is 17.6. The highest BCUT2D eigenvalue weighted by Crippen LogP contribution is 2.17. The van der Waals surface area contributed by atoms with Crippen molar-refractivity contribution < 1.29 is 4.79 Å². The Morgan fingerprint density at radius 1 is 1.08 bits per heavy atom. The molecule has 1 fully saturated rings. The fourth-order valence-electron chi connectivity index (χ4n) is 3.02. The van der Waals surface area contributed by atoms with Gasteiger partial charge < -0.3 is 9.80 Å². The summed E-state index contributed by atoms with van der Waals surface area (Å²) in [5, 5.41) is 0. The first-order chi connectivity index (χ1) is 12.1. The van der Waals surface area contributed by atoms with E-state index in [1.165, 1.54) is 0 Å². The fraction of sp³-hybridized carbons (Fsp3) is 0.421. The minimum atomic E-state index is -0.0245. The molecule has 25 heavy (non-hydrogen) atoms. The Hall–Kier alpha value is -2.47. The Morgan fingerprint density at radius 2 is 1.76 bits per heavy atom. The molecule has 1 atom stereocenters. The Morgan fingerprint density at radius 3 is 2.36 bits per heavy atom. The number of rotatable bonds is 5. The summed E-state index contributed by atoms with van der Waals surface area (Å²) in [5.41, 5.74) is 0.915. The molecule has 132 valence electrons. The first kappa shape index (κ1) is 17.4. The van der Waals surface area contributed by atoms with Crippen LogP contribution in [0.25, 0.3) is 0 Å². The molecule has 0 N–H and O–H groups in total. The number of anilines is 1. The SMILES string of the molecule is C[C@H](c1ccccn1)N(C)C(=O)CN1CCN(c2ccccn2)CC1. The zero-order valence-electron chi connectivity index (χ0n) is 14.9. The van der Waals surface area contributed by atoms with Crippen molar-refractivity contribution in [2.75, 3.05) is 44.7 Å². The molecule has 6 nitrogen and oxygen atoms in total. The second-order valence-electron chi connectivity index (χ2n) is 6.39. The molecular weight excluding hydrogens is 314 g/mol. The molecule has 3 rings (SSSR count). The molecule has 0 unspecified atom stereocenters. The summed E-state index contributed by atoms with van der Waals surface area (Å²) in [7, 11) is 1.85. The molecule has 2 aromatic heterocycles. The number of carbonyl (C=O) groups is 1. The summed E-state index contributed by atoms with van der Waals surface area (Å²) in [4.78, 5) is 27.6. The molecule has 1 aliphatic rings. The average Bonchev–Trinajstić information content (AvgIpc) is 2.68. The largest absolute Gasteiger partial charge is 0.354 e. The van der Waals surface area contributed by atoms with Crippen molar-refractivity contribution in [1.29, 1.82) is 0 Å². The first-order valence-corrected chi connectivity index (χ1v) is 8.70. The van der Waals surface area contributed by atoms with E-state index in [2.05, 4.69) is 19.8 Å². The van der Waals surface area contributed by atoms with E-state index in [4.69, 9.17) is 0 Å². The zero-order valence-corrected chi connectivity index (χ0v) is 14.9. The van der Waals surface area contributed by atoms with Crippen molar-refractivity contribution in [3.63, 3.8) is 0 Å². The Labute approximate surface area is 149 Å². The lowest BCUT2D eigenvalue weighted by atomic mass is 10.2. The molecule has 6 heteroatoms. The van der Waals surface area contributed by atoms with Gasteiger partial charge in [0.1, 0.15) is 5.82 Å². The third-order valence-electron chi connectivity index (χ3n) is 4.79. The van der Waals surface area contributed by atoms with Gasteiger partial charge in [-0.1, -0.05) is 12.1 Å². The van der Waals surface area contributed by atoms with Crippen LogP contribution in [0.2, 0.25) is 0 Å². The van der Waals surface area contributed by atoms with Crippen LogP contribution in [-0.2, 0) is 4.79 Å². The van der Waals surface area contributed by atoms with Crippen molar-refractivity contribution in [3.05, 3.63) is 54.5 Å². The summed E-state index contributed by atoms with van der Waals surface area (Å²) >= 11 is 0. The summed E-state index contributed by atoms with van der Waals surface area (Å²) in [6.45, 7) is 5.98. The van der Waals surface area contributed by atoms with E-state index in [0.717, 1.165) is 37.7 Å². The molecular formula is C19H25N5O. The maximum Gasteiger partial charge on any atom is 0.237 e. The Bertz CT molecular complexity index is 671. The van der Waals surface area contributed by atoms with E-state index >= 15 is 0 Å². The number of piperazine rings is 1. The van der Waals surface area contributed by atoms with Crippen molar-refractivity contribution >= 4 is 11.7 Å². The van der Waals surface area contributed by atoms with Gasteiger partial charge >= 0.3 is 0 Å². The summed E-state index contributed by atoms with van der Waals surface area (Å²) in [5.74, 6) is 1.14. The van der Waals surface area contributed by atoms with Crippen molar-refractivity contribution in [2.45, 2.75) is 13.0 Å². The molecule has 1 saturated heterocycles. The quantitative estimate of drug-likeness (QED) is 0.832. The van der Waals surface area contributed by atoms with Crippen molar-refractivity contribution in [1.82, 2.24) is 19.8 Å². The number of nitrogens with zero attached hydrogens (tertiary/aromatic N) is 5. The van der Waals surface area contributed by atoms with E-state index < -0.39 is 0 Å². The summed E-state index contributed by atoms with van der Waals surface area (Å²) in [6, 6.07) is 11.7. The minimum Gasteiger partial charge on any atom is -0.354 e. The van der Waals surface area contributed by atoms with Crippen LogP contribution in [0.4, 0.5) is 5.82 Å². The van der Waals surface area contributed by atoms with Gasteiger partial charge in [-0.2, -0.15) is 0 Å². The molecule has 0 radical (unpaired) electrons. The predicted octanol–water partition coefficient (Wildman–Crippen LogP) is 1.82. The van der Waals surface area contributed by atoms with Gasteiger partial charge in [-0.15, -0.1) is 0 Å². The molecule has 2 aromatic rings. The van der Waals surface area contributed by atoms with Crippen LogP contribution in [0.15, 0.2) is 48.8 Å². The number of pyridine rings is 2. The molecule has 0 bridgehead atoms. The van der Waals surface area contributed by atoms with Gasteiger partial charge in [-0.3, -0.25) is 14.7 Å². The van der Waals surface area contributed by atoms with Crippen LogP contribution in [0.5, 0.6) is 0 Å². The fourth-order valence-corrected chi connectivity index (χ4v) is 3.02. The molecule has 1 aliphatic heterocycles. The molecule has 0 saturated carbocycles. The number of aromatic nitrogens is 2. The van der Waals surface area contributed by atoms with Gasteiger partial charge in [0.2, 0.25) is 5.91 Å². The maximum atomic E-state index is 12.6. The minimum absolute atomic E-state index is 0.0245. The lowest BCUT2D eigenvalue weighted by molar-refractivity contribution is -0.133. The van der Waals surface area contributed by atoms with Crippen LogP contribution < -0.4 is 4.90 Å². The van der Waals surface area contributed by atoms with E-state index in [9.17, 15) is 4.79 Å². The highest BCUT2D eigenvalue weighted by Gasteiger charge is 2.23. The first-order valence-electron chi connectivity index (χ1n) is 8.70. The average molecular weight is 339 g/mol. The van der Waals surface area contributed by atoms with Gasteiger partial charge in [0.15, 0.2) is 0 Å². The van der Waals surface area contributed by atoms with E-state index in [0.29, 0.717) is 6.54 Å². The molecule has 0 aromatic carbocycles. The maximum absolute atomic E-state index is 12.6. The van der Waals surface area contributed by atoms with Gasteiger partial charge in [0, 0.05) is 45.6 Å². The van der Waals surface area contributed by atoms with E-state index in [1.807, 2.05) is 56.6 Å². The Balaban J connectivity index is 1.50. The van der Waals surface area contributed by atoms with E-state index in [-0.39, 0.29) is 11.9 Å². The van der Waals surface area contributed by atoms with Gasteiger partial charge in [0.25, 0.3) is 0 Å². The highest BCUT2D eigenvalue weighted by atomic mass is 16.2. The number of amides is 1. The van der Waals surface area contributed by atoms with Gasteiger partial charge in [0.05, 0.1) is 18.3 Å². The van der Waals surface area contributed by atoms with Gasteiger partial charge in [-0.05, 0) is 31.2 Å². The lowest BCUT2D eigenvalue weighted by Crippen LogP contribution is -2.50. The number of hydrogen-bond donors (Lipinski definition) is 0. The van der Waals surface area contributed by atoms with Crippen LogP contribution in [-0.4, -0.2) is 65.4 Å². The normalized spacial score (nSPS) is 16.5. The molecule has 1 amide bonds. The van der Waals surface area contributed by atoms with Crippen molar-refractivity contribution in [3.8, 4) is 0 Å². The number of carbonyl (C=O) groups excluding carboxylic acids is 1. The van der Waals surface area contributed by atoms with Crippen LogP contribution in [0.1, 0.15) is 18.7 Å². The molecule has 0 spiro atoms. The lowest BCUT2D eigenvalue weighted by Gasteiger charge is -2.36. The van der Waals surface area contributed by atoms with Gasteiger partial charge in [-0.25, -0.2) is 4.98 Å². The Kier molecular flexibility index (Phi) is 5.60. The van der Waals surface area contributed by atoms with Crippen LogP contribution >= 0.6 is 0 Å². The number of likely N-dealkylation sites (N-methyl/N-ethyl adjacent to an activating group) is 1. The second-order valence-corrected chi connectivity index (χ2v) is 6.39. The van der Waals surface area contributed by atoms with Crippen LogP contribution in [0, 0.1) is 0 Å². The second kappa shape index (κ2) is 8.07. The monoisotopic (exact) mass is 339 g/mol. The summed E-state index contributed by atoms with van der Waals surface area (Å²) in [6.07, 6.45) is 3.58. The highest BCUT2D eigenvalue weighted by molar-refractivity contribution is 5.78. The third-order valence-corrected chi connectivity index (χ3v) is 4.79. The standard InChI is InChI=1S/C19H25N5O/c1-16(17-7-3-5-9-20-17)22(2)19(25)15-23-11-13-24(14-12-23)18-8-4-6-10-21-18/h3-10,16H,11-15H2,1-2H3/t16-/m1/s1. The number of hydrogen-bond acceptors (Lipinski definition) is 5. The third kappa shape index (κ3) is 4.33. The molecule has 0 aliphatic carbocycles. The van der Waals surface area contributed by atoms with Crippen molar-refractivity contribution in [2.24, 2.45) is 0 Å². The predicted molar refractivity (Wildman–Crippen MR) is 98.3 cm³/mol. The molecule has 3 heterocycles. The smallest absolute Gasteiger partial charge is 0.237 e. The van der Waals surface area contributed by atoms with Crippen LogP contribution in [0.3, 0.4) is 0 Å². The van der Waals surface area contributed by atoms with E-state index in [1.54, 1.807) is 11.1 Å².